The van der Waals surface area contributed by atoms with Gasteiger partial charge >= 0.3 is 0 Å². The van der Waals surface area contributed by atoms with E-state index < -0.39 is 0 Å². The molecule has 0 fully saturated rings. The van der Waals surface area contributed by atoms with E-state index in [9.17, 15) is 0 Å². The minimum absolute atomic E-state index is 0.367. The highest BCUT2D eigenvalue weighted by Crippen LogP contribution is 2.63. The highest BCUT2D eigenvalue weighted by molar-refractivity contribution is 6.34. The van der Waals surface area contributed by atoms with Crippen LogP contribution in [0.3, 0.4) is 0 Å². The summed E-state index contributed by atoms with van der Waals surface area (Å²) in [6, 6.07) is 29.8. The number of hydrogen-bond donors (Lipinski definition) is 0. The molecule has 0 saturated carbocycles. The van der Waals surface area contributed by atoms with Crippen molar-refractivity contribution < 1.29 is 0 Å². The number of benzene rings is 4. The summed E-state index contributed by atoms with van der Waals surface area (Å²) >= 11 is 13.2. The molecule has 6 rings (SSSR count). The fourth-order valence-electron chi connectivity index (χ4n) is 5.12. The smallest absolute Gasteiger partial charge is 0.0726 e. The Labute approximate surface area is 168 Å². The third kappa shape index (κ3) is 1.76. The molecule has 0 saturated heterocycles. The summed E-state index contributed by atoms with van der Waals surface area (Å²) in [6.45, 7) is 0. The van der Waals surface area contributed by atoms with Crippen molar-refractivity contribution in [3.63, 3.8) is 0 Å². The van der Waals surface area contributed by atoms with Crippen molar-refractivity contribution in [3.8, 4) is 22.3 Å². The Bertz CT molecular complexity index is 1210. The zero-order valence-electron chi connectivity index (χ0n) is 14.3. The second-order valence-corrected chi connectivity index (χ2v) is 8.04. The summed E-state index contributed by atoms with van der Waals surface area (Å²) in [5.74, 6) is 0. The van der Waals surface area contributed by atoms with Crippen LogP contribution >= 0.6 is 23.2 Å². The van der Waals surface area contributed by atoms with Gasteiger partial charge in [-0.05, 0) is 57.1 Å². The van der Waals surface area contributed by atoms with Gasteiger partial charge in [0, 0.05) is 15.6 Å². The molecule has 4 aromatic carbocycles. The lowest BCUT2D eigenvalue weighted by Crippen LogP contribution is -2.25. The molecule has 0 N–H and O–H groups in total. The third-order valence-electron chi connectivity index (χ3n) is 6.02. The molecule has 0 heterocycles. The first-order valence-corrected chi connectivity index (χ1v) is 9.77. The van der Waals surface area contributed by atoms with E-state index in [2.05, 4.69) is 72.8 Å². The minimum atomic E-state index is -0.367. The molecule has 0 radical (unpaired) electrons. The Balaban J connectivity index is 1.89. The Morgan fingerprint density at radius 1 is 0.519 bits per heavy atom. The lowest BCUT2D eigenvalue weighted by atomic mass is 9.70. The fraction of sp³-hybridized carbons (Fsp3) is 0.0400. The van der Waals surface area contributed by atoms with Gasteiger partial charge in [-0.2, -0.15) is 0 Å². The van der Waals surface area contributed by atoms with Crippen LogP contribution < -0.4 is 0 Å². The van der Waals surface area contributed by atoms with E-state index in [0.29, 0.717) is 0 Å². The van der Waals surface area contributed by atoms with Gasteiger partial charge in [-0.3, -0.25) is 0 Å². The molecule has 2 aliphatic carbocycles. The molecule has 0 nitrogen and oxygen atoms in total. The number of rotatable bonds is 0. The molecule has 2 aliphatic rings. The predicted octanol–water partition coefficient (Wildman–Crippen LogP) is 7.34. The van der Waals surface area contributed by atoms with E-state index in [1.54, 1.807) is 0 Å². The van der Waals surface area contributed by atoms with Crippen LogP contribution in [0, 0.1) is 0 Å². The van der Waals surface area contributed by atoms with Crippen molar-refractivity contribution in [1.29, 1.82) is 0 Å². The van der Waals surface area contributed by atoms with E-state index >= 15 is 0 Å². The fourth-order valence-corrected chi connectivity index (χ4v) is 5.56. The summed E-state index contributed by atoms with van der Waals surface area (Å²) in [7, 11) is 0. The first kappa shape index (κ1) is 15.5. The molecule has 1 spiro atoms. The average Bonchev–Trinajstić information content (AvgIpc) is 3.16. The predicted molar refractivity (Wildman–Crippen MR) is 113 cm³/mol. The Kier molecular flexibility index (Phi) is 3.02. The van der Waals surface area contributed by atoms with Crippen LogP contribution in [0.15, 0.2) is 84.9 Å². The van der Waals surface area contributed by atoms with E-state index in [4.69, 9.17) is 23.2 Å². The maximum Gasteiger partial charge on any atom is 0.0726 e. The van der Waals surface area contributed by atoms with Crippen molar-refractivity contribution in [1.82, 2.24) is 0 Å². The molecular weight excluding hydrogens is 371 g/mol. The third-order valence-corrected chi connectivity index (χ3v) is 6.57. The van der Waals surface area contributed by atoms with Crippen molar-refractivity contribution in [2.75, 3.05) is 0 Å². The Morgan fingerprint density at radius 3 is 1.85 bits per heavy atom. The molecule has 0 unspecified atom stereocenters. The standard InChI is InChI=1S/C25H14Cl2/c26-15-12-13-18-22(14-15)25(21-10-5-11-23(27)24(18)21)19-8-3-1-6-16(19)17-7-2-4-9-20(17)25/h1-14H. The van der Waals surface area contributed by atoms with Crippen LogP contribution in [-0.4, -0.2) is 0 Å². The maximum absolute atomic E-state index is 6.72. The van der Waals surface area contributed by atoms with Gasteiger partial charge in [-0.1, -0.05) is 89.9 Å². The zero-order chi connectivity index (χ0) is 18.2. The van der Waals surface area contributed by atoms with E-state index in [-0.39, 0.29) is 5.41 Å². The van der Waals surface area contributed by atoms with Gasteiger partial charge in [0.15, 0.2) is 0 Å². The molecule has 2 heteroatoms. The summed E-state index contributed by atoms with van der Waals surface area (Å²) < 4.78 is 0. The van der Waals surface area contributed by atoms with E-state index in [1.807, 2.05) is 12.1 Å². The van der Waals surface area contributed by atoms with Crippen LogP contribution in [-0.2, 0) is 5.41 Å². The maximum atomic E-state index is 6.72. The van der Waals surface area contributed by atoms with Gasteiger partial charge in [-0.15, -0.1) is 0 Å². The summed E-state index contributed by atoms with van der Waals surface area (Å²) in [5.41, 5.74) is 9.56. The van der Waals surface area contributed by atoms with Gasteiger partial charge in [0.1, 0.15) is 0 Å². The van der Waals surface area contributed by atoms with E-state index in [1.165, 1.54) is 38.9 Å². The lowest BCUT2D eigenvalue weighted by Gasteiger charge is -2.30. The largest absolute Gasteiger partial charge is 0.0843 e. The lowest BCUT2D eigenvalue weighted by molar-refractivity contribution is 0.794. The first-order valence-electron chi connectivity index (χ1n) is 9.01. The van der Waals surface area contributed by atoms with Crippen LogP contribution in [0.1, 0.15) is 22.3 Å². The first-order chi connectivity index (χ1) is 13.2. The van der Waals surface area contributed by atoms with Gasteiger partial charge in [0.05, 0.1) is 5.41 Å². The summed E-state index contributed by atoms with van der Waals surface area (Å²) in [5, 5.41) is 1.54. The highest BCUT2D eigenvalue weighted by Gasteiger charge is 2.51. The Hall–Kier alpha value is -2.54. The normalized spacial score (nSPS) is 14.6. The van der Waals surface area contributed by atoms with Crippen molar-refractivity contribution in [3.05, 3.63) is 117 Å². The molecule has 128 valence electrons. The minimum Gasteiger partial charge on any atom is -0.0843 e. The molecule has 27 heavy (non-hydrogen) atoms. The molecule has 4 aromatic rings. The number of halogens is 2. The van der Waals surface area contributed by atoms with Gasteiger partial charge < -0.3 is 0 Å². The topological polar surface area (TPSA) is 0 Å². The summed E-state index contributed by atoms with van der Waals surface area (Å²) in [6.07, 6.45) is 0. The molecule has 0 atom stereocenters. The zero-order valence-corrected chi connectivity index (χ0v) is 15.9. The van der Waals surface area contributed by atoms with Crippen molar-refractivity contribution in [2.24, 2.45) is 0 Å². The van der Waals surface area contributed by atoms with Gasteiger partial charge in [-0.25, -0.2) is 0 Å². The molecular formula is C25H14Cl2. The molecule has 0 bridgehead atoms. The van der Waals surface area contributed by atoms with Crippen LogP contribution in [0.4, 0.5) is 0 Å². The SMILES string of the molecule is Clc1ccc2c(c1)C1(c3ccccc3-c3ccccc31)c1cccc(Cl)c1-2. The van der Waals surface area contributed by atoms with Crippen molar-refractivity contribution >= 4 is 23.2 Å². The Morgan fingerprint density at radius 2 is 1.15 bits per heavy atom. The number of fused-ring (bicyclic) bond motifs is 10. The molecule has 0 aromatic heterocycles. The second kappa shape index (κ2) is 5.25. The van der Waals surface area contributed by atoms with Crippen molar-refractivity contribution in [2.45, 2.75) is 5.41 Å². The quantitative estimate of drug-likeness (QED) is 0.257. The average molecular weight is 385 g/mol. The molecule has 0 aliphatic heterocycles. The van der Waals surface area contributed by atoms with Gasteiger partial charge in [0.2, 0.25) is 0 Å². The van der Waals surface area contributed by atoms with Crippen LogP contribution in [0.5, 0.6) is 0 Å². The highest BCUT2D eigenvalue weighted by atomic mass is 35.5. The van der Waals surface area contributed by atoms with Crippen LogP contribution in [0.2, 0.25) is 10.0 Å². The number of hydrogen-bond acceptors (Lipinski definition) is 0. The van der Waals surface area contributed by atoms with E-state index in [0.717, 1.165) is 15.6 Å². The van der Waals surface area contributed by atoms with Crippen LogP contribution in [0.25, 0.3) is 22.3 Å². The second-order valence-electron chi connectivity index (χ2n) is 7.19. The molecule has 0 amide bonds. The summed E-state index contributed by atoms with van der Waals surface area (Å²) in [4.78, 5) is 0. The monoisotopic (exact) mass is 384 g/mol. The van der Waals surface area contributed by atoms with Gasteiger partial charge in [0.25, 0.3) is 0 Å².